The van der Waals surface area contributed by atoms with Crippen LogP contribution in [-0.2, 0) is 4.74 Å². The summed E-state index contributed by atoms with van der Waals surface area (Å²) < 4.78 is 4.92. The quantitative estimate of drug-likeness (QED) is 0.343. The average molecular weight is 197 g/mol. The molecule has 14 heavy (non-hydrogen) atoms. The second-order valence-electron chi connectivity index (χ2n) is 2.68. The third kappa shape index (κ3) is 3.55. The number of nitrogens with two attached hydrogens (primary N) is 1. The SMILES string of the molecule is COCCCNc1ccnc(NN)n1. The normalized spacial score (nSPS) is 9.86. The van der Waals surface area contributed by atoms with Gasteiger partial charge in [0.15, 0.2) is 0 Å². The second-order valence-corrected chi connectivity index (χ2v) is 2.68. The molecule has 0 unspecified atom stereocenters. The average Bonchev–Trinajstić information content (AvgIpc) is 2.25. The van der Waals surface area contributed by atoms with Crippen LogP contribution in [0.3, 0.4) is 0 Å². The zero-order valence-corrected chi connectivity index (χ0v) is 8.16. The summed E-state index contributed by atoms with van der Waals surface area (Å²) in [6.45, 7) is 1.55. The fourth-order valence-corrected chi connectivity index (χ4v) is 0.960. The lowest BCUT2D eigenvalue weighted by Gasteiger charge is -2.05. The van der Waals surface area contributed by atoms with Gasteiger partial charge in [-0.2, -0.15) is 4.98 Å². The van der Waals surface area contributed by atoms with Crippen molar-refractivity contribution in [3.63, 3.8) is 0 Å². The number of nitrogen functional groups attached to an aromatic ring is 1. The molecule has 0 saturated carbocycles. The first-order valence-corrected chi connectivity index (χ1v) is 4.39. The van der Waals surface area contributed by atoms with Gasteiger partial charge in [0.2, 0.25) is 5.95 Å². The lowest BCUT2D eigenvalue weighted by Crippen LogP contribution is -2.12. The van der Waals surface area contributed by atoms with Crippen molar-refractivity contribution in [2.45, 2.75) is 6.42 Å². The van der Waals surface area contributed by atoms with E-state index < -0.39 is 0 Å². The molecule has 0 aliphatic carbocycles. The van der Waals surface area contributed by atoms with Gasteiger partial charge in [-0.25, -0.2) is 10.8 Å². The summed E-state index contributed by atoms with van der Waals surface area (Å²) in [5.74, 6) is 6.33. The molecule has 4 N–H and O–H groups in total. The van der Waals surface area contributed by atoms with Crippen molar-refractivity contribution in [2.24, 2.45) is 5.84 Å². The Morgan fingerprint density at radius 3 is 3.14 bits per heavy atom. The molecule has 0 saturated heterocycles. The van der Waals surface area contributed by atoms with Crippen molar-refractivity contribution in [2.75, 3.05) is 31.0 Å². The molecule has 0 aliphatic heterocycles. The Bertz CT molecular complexity index is 268. The van der Waals surface area contributed by atoms with Gasteiger partial charge in [-0.15, -0.1) is 0 Å². The van der Waals surface area contributed by atoms with Gasteiger partial charge in [0.1, 0.15) is 5.82 Å². The smallest absolute Gasteiger partial charge is 0.239 e. The molecule has 1 aromatic heterocycles. The number of hydrazine groups is 1. The number of aromatic nitrogens is 2. The van der Waals surface area contributed by atoms with Crippen molar-refractivity contribution in [3.8, 4) is 0 Å². The van der Waals surface area contributed by atoms with Gasteiger partial charge in [0.25, 0.3) is 0 Å². The molecular formula is C8H15N5O. The highest BCUT2D eigenvalue weighted by Crippen LogP contribution is 2.03. The van der Waals surface area contributed by atoms with Crippen LogP contribution in [0.15, 0.2) is 12.3 Å². The molecule has 0 aromatic carbocycles. The van der Waals surface area contributed by atoms with Gasteiger partial charge in [-0.3, -0.25) is 5.43 Å². The van der Waals surface area contributed by atoms with E-state index in [9.17, 15) is 0 Å². The molecule has 0 aliphatic rings. The number of rotatable bonds is 6. The first-order valence-electron chi connectivity index (χ1n) is 4.39. The Balaban J connectivity index is 2.34. The van der Waals surface area contributed by atoms with Crippen molar-refractivity contribution < 1.29 is 4.74 Å². The van der Waals surface area contributed by atoms with E-state index in [1.807, 2.05) is 0 Å². The first kappa shape index (κ1) is 10.7. The Kier molecular flexibility index (Phi) is 4.66. The van der Waals surface area contributed by atoms with Gasteiger partial charge in [0, 0.05) is 26.5 Å². The number of nitrogens with one attached hydrogen (secondary N) is 2. The highest BCUT2D eigenvalue weighted by atomic mass is 16.5. The number of anilines is 2. The minimum absolute atomic E-state index is 0.404. The second kappa shape index (κ2) is 6.11. The van der Waals surface area contributed by atoms with Crippen LogP contribution >= 0.6 is 0 Å². The first-order chi connectivity index (χ1) is 6.86. The number of nitrogens with zero attached hydrogens (tertiary/aromatic N) is 2. The van der Waals surface area contributed by atoms with Crippen LogP contribution in [0, 0.1) is 0 Å². The Morgan fingerprint density at radius 2 is 2.43 bits per heavy atom. The molecule has 78 valence electrons. The summed E-state index contributed by atoms with van der Waals surface area (Å²) in [6, 6.07) is 1.79. The maximum absolute atomic E-state index is 5.17. The molecule has 1 rings (SSSR count). The molecule has 1 heterocycles. The van der Waals surface area contributed by atoms with Crippen molar-refractivity contribution in [1.29, 1.82) is 0 Å². The van der Waals surface area contributed by atoms with Crippen LogP contribution in [0.2, 0.25) is 0 Å². The van der Waals surface area contributed by atoms with E-state index in [1.165, 1.54) is 0 Å². The lowest BCUT2D eigenvalue weighted by molar-refractivity contribution is 0.198. The molecule has 0 fully saturated rings. The summed E-state index contributed by atoms with van der Waals surface area (Å²) in [7, 11) is 1.68. The van der Waals surface area contributed by atoms with Crippen LogP contribution < -0.4 is 16.6 Å². The molecule has 6 heteroatoms. The molecule has 0 atom stereocenters. The fraction of sp³-hybridized carbons (Fsp3) is 0.500. The van der Waals surface area contributed by atoms with Crippen molar-refractivity contribution >= 4 is 11.8 Å². The van der Waals surface area contributed by atoms with Crippen LogP contribution in [0.25, 0.3) is 0 Å². The molecule has 0 bridgehead atoms. The molecule has 0 amide bonds. The van der Waals surface area contributed by atoms with Crippen LogP contribution in [-0.4, -0.2) is 30.2 Å². The Labute approximate surface area is 82.9 Å². The number of ether oxygens (including phenoxy) is 1. The Hall–Kier alpha value is -1.40. The maximum Gasteiger partial charge on any atom is 0.239 e. The van der Waals surface area contributed by atoms with Crippen LogP contribution in [0.4, 0.5) is 11.8 Å². The van der Waals surface area contributed by atoms with E-state index in [2.05, 4.69) is 20.7 Å². The van der Waals surface area contributed by atoms with Crippen LogP contribution in [0.5, 0.6) is 0 Å². The third-order valence-corrected chi connectivity index (χ3v) is 1.62. The van der Waals surface area contributed by atoms with Gasteiger partial charge >= 0.3 is 0 Å². The monoisotopic (exact) mass is 197 g/mol. The highest BCUT2D eigenvalue weighted by Gasteiger charge is 1.95. The largest absolute Gasteiger partial charge is 0.385 e. The van der Waals surface area contributed by atoms with E-state index in [0.717, 1.165) is 25.4 Å². The van der Waals surface area contributed by atoms with E-state index in [-0.39, 0.29) is 0 Å². The maximum atomic E-state index is 5.17. The predicted molar refractivity (Wildman–Crippen MR) is 54.8 cm³/mol. The van der Waals surface area contributed by atoms with E-state index in [4.69, 9.17) is 10.6 Å². The number of hydrogen-bond donors (Lipinski definition) is 3. The minimum atomic E-state index is 0.404. The van der Waals surface area contributed by atoms with Gasteiger partial charge < -0.3 is 10.1 Å². The summed E-state index contributed by atoms with van der Waals surface area (Å²) >= 11 is 0. The molecule has 6 nitrogen and oxygen atoms in total. The van der Waals surface area contributed by atoms with Gasteiger partial charge in [0.05, 0.1) is 0 Å². The fourth-order valence-electron chi connectivity index (χ4n) is 0.960. The standard InChI is InChI=1S/C8H15N5O/c1-14-6-2-4-10-7-3-5-11-8(12-7)13-9/h3,5H,2,4,6,9H2,1H3,(H2,10,11,12,13). The predicted octanol–water partition coefficient (Wildman–Crippen LogP) is 0.211. The van der Waals surface area contributed by atoms with Gasteiger partial charge in [-0.1, -0.05) is 0 Å². The molecular weight excluding hydrogens is 182 g/mol. The molecule has 0 radical (unpaired) electrons. The van der Waals surface area contributed by atoms with Crippen LogP contribution in [0.1, 0.15) is 6.42 Å². The lowest BCUT2D eigenvalue weighted by atomic mass is 10.4. The van der Waals surface area contributed by atoms with Crippen molar-refractivity contribution in [3.05, 3.63) is 12.3 Å². The zero-order chi connectivity index (χ0) is 10.2. The summed E-state index contributed by atoms with van der Waals surface area (Å²) in [5, 5.41) is 3.13. The zero-order valence-electron chi connectivity index (χ0n) is 8.16. The van der Waals surface area contributed by atoms with E-state index in [1.54, 1.807) is 19.4 Å². The van der Waals surface area contributed by atoms with Gasteiger partial charge in [-0.05, 0) is 12.5 Å². The topological polar surface area (TPSA) is 85.1 Å². The molecule has 1 aromatic rings. The minimum Gasteiger partial charge on any atom is -0.385 e. The van der Waals surface area contributed by atoms with E-state index in [0.29, 0.717) is 5.95 Å². The Morgan fingerprint density at radius 1 is 1.57 bits per heavy atom. The molecule has 0 spiro atoms. The summed E-state index contributed by atoms with van der Waals surface area (Å²) in [4.78, 5) is 7.98. The number of hydrogen-bond acceptors (Lipinski definition) is 6. The summed E-state index contributed by atoms with van der Waals surface area (Å²) in [6.07, 6.45) is 2.58. The summed E-state index contributed by atoms with van der Waals surface area (Å²) in [5.41, 5.74) is 2.38. The number of methoxy groups -OCH3 is 1. The van der Waals surface area contributed by atoms with Crippen molar-refractivity contribution in [1.82, 2.24) is 9.97 Å². The highest BCUT2D eigenvalue weighted by molar-refractivity contribution is 5.38. The third-order valence-electron chi connectivity index (χ3n) is 1.62. The van der Waals surface area contributed by atoms with E-state index >= 15 is 0 Å².